The molecule has 0 atom stereocenters. The number of benzene rings is 2. The number of nitro benzene ring substituents is 1. The van der Waals surface area contributed by atoms with E-state index in [0.29, 0.717) is 28.0 Å². The normalized spacial score (nSPS) is 10.8. The first kappa shape index (κ1) is 16.1. The van der Waals surface area contributed by atoms with Gasteiger partial charge >= 0.3 is 0 Å². The van der Waals surface area contributed by atoms with Gasteiger partial charge in [0.05, 0.1) is 4.92 Å². The number of hydrogen-bond donors (Lipinski definition) is 0. The summed E-state index contributed by atoms with van der Waals surface area (Å²) in [5, 5.41) is 19.2. The van der Waals surface area contributed by atoms with Crippen LogP contribution in [0.2, 0.25) is 0 Å². The van der Waals surface area contributed by atoms with Crippen LogP contribution in [0.25, 0.3) is 11.5 Å². The smallest absolute Gasteiger partial charge is 0.277 e. The number of nitro groups is 1. The fraction of sp³-hybridized carbons (Fsp3) is 0.125. The van der Waals surface area contributed by atoms with E-state index in [2.05, 4.69) is 10.2 Å². The van der Waals surface area contributed by atoms with Crippen molar-refractivity contribution >= 4 is 17.4 Å². The summed E-state index contributed by atoms with van der Waals surface area (Å²) in [5.41, 5.74) is 2.16. The van der Waals surface area contributed by atoms with E-state index < -0.39 is 4.92 Å². The fourth-order valence-corrected chi connectivity index (χ4v) is 2.97. The van der Waals surface area contributed by atoms with Crippen molar-refractivity contribution in [3.05, 3.63) is 69.5 Å². The zero-order valence-electron chi connectivity index (χ0n) is 12.6. The molecule has 0 unspecified atom stereocenters. The lowest BCUT2D eigenvalue weighted by atomic mass is 10.1. The molecule has 122 valence electrons. The maximum absolute atomic E-state index is 12.9. The van der Waals surface area contributed by atoms with Crippen molar-refractivity contribution in [3.63, 3.8) is 0 Å². The van der Waals surface area contributed by atoms with E-state index in [1.165, 1.54) is 30.0 Å². The molecule has 0 amide bonds. The highest BCUT2D eigenvalue weighted by Gasteiger charge is 2.15. The Bertz CT molecular complexity index is 881. The van der Waals surface area contributed by atoms with Crippen molar-refractivity contribution in [1.82, 2.24) is 10.2 Å². The van der Waals surface area contributed by atoms with Gasteiger partial charge in [-0.3, -0.25) is 10.1 Å². The Balaban J connectivity index is 1.73. The van der Waals surface area contributed by atoms with Crippen molar-refractivity contribution in [2.24, 2.45) is 0 Å². The molecule has 6 nitrogen and oxygen atoms in total. The molecule has 0 aliphatic heterocycles. The number of rotatable bonds is 5. The first-order valence-electron chi connectivity index (χ1n) is 6.99. The third-order valence-electron chi connectivity index (χ3n) is 3.46. The molecule has 0 aliphatic rings. The molecule has 0 N–H and O–H groups in total. The number of nitrogens with zero attached hydrogens (tertiary/aromatic N) is 3. The van der Waals surface area contributed by atoms with Crippen LogP contribution >= 0.6 is 11.8 Å². The summed E-state index contributed by atoms with van der Waals surface area (Å²) < 4.78 is 18.5. The zero-order valence-corrected chi connectivity index (χ0v) is 13.4. The summed E-state index contributed by atoms with van der Waals surface area (Å²) in [5.74, 6) is 0.431. The fourth-order valence-electron chi connectivity index (χ4n) is 2.14. The van der Waals surface area contributed by atoms with Gasteiger partial charge in [0, 0.05) is 22.9 Å². The second kappa shape index (κ2) is 6.79. The van der Waals surface area contributed by atoms with Crippen LogP contribution in [0.3, 0.4) is 0 Å². The van der Waals surface area contributed by atoms with E-state index in [1.807, 2.05) is 6.07 Å². The Morgan fingerprint density at radius 2 is 1.96 bits per heavy atom. The van der Waals surface area contributed by atoms with Crippen LogP contribution in [0.5, 0.6) is 0 Å². The van der Waals surface area contributed by atoms with Gasteiger partial charge in [0.15, 0.2) is 0 Å². The summed E-state index contributed by atoms with van der Waals surface area (Å²) in [6.45, 7) is 1.71. The van der Waals surface area contributed by atoms with E-state index in [4.69, 9.17) is 4.42 Å². The van der Waals surface area contributed by atoms with Crippen LogP contribution in [-0.4, -0.2) is 15.1 Å². The topological polar surface area (TPSA) is 82.1 Å². The summed E-state index contributed by atoms with van der Waals surface area (Å²) in [6.07, 6.45) is 0. The molecule has 0 fully saturated rings. The monoisotopic (exact) mass is 345 g/mol. The van der Waals surface area contributed by atoms with E-state index in [1.54, 1.807) is 25.1 Å². The molecule has 1 aromatic heterocycles. The molecular formula is C16H12FN3O3S. The molecule has 0 bridgehead atoms. The van der Waals surface area contributed by atoms with Crippen molar-refractivity contribution in [2.45, 2.75) is 17.9 Å². The Morgan fingerprint density at radius 3 is 2.67 bits per heavy atom. The van der Waals surface area contributed by atoms with Gasteiger partial charge in [0.2, 0.25) is 5.89 Å². The van der Waals surface area contributed by atoms with Gasteiger partial charge in [-0.1, -0.05) is 23.9 Å². The molecule has 0 radical (unpaired) electrons. The predicted octanol–water partition coefficient (Wildman–Crippen LogP) is 4.38. The minimum Gasteiger partial charge on any atom is -0.411 e. The van der Waals surface area contributed by atoms with E-state index >= 15 is 0 Å². The van der Waals surface area contributed by atoms with Crippen molar-refractivity contribution in [3.8, 4) is 11.5 Å². The minimum absolute atomic E-state index is 0.0885. The minimum atomic E-state index is -0.400. The third kappa shape index (κ3) is 3.43. The third-order valence-corrected chi connectivity index (χ3v) is 4.33. The predicted molar refractivity (Wildman–Crippen MR) is 87.1 cm³/mol. The molecule has 24 heavy (non-hydrogen) atoms. The summed E-state index contributed by atoms with van der Waals surface area (Å²) >= 11 is 1.29. The highest BCUT2D eigenvalue weighted by molar-refractivity contribution is 7.98. The van der Waals surface area contributed by atoms with Crippen LogP contribution in [-0.2, 0) is 5.75 Å². The number of halogens is 1. The molecule has 0 saturated heterocycles. The summed E-state index contributed by atoms with van der Waals surface area (Å²) in [7, 11) is 0. The molecule has 0 spiro atoms. The Labute approximate surface area is 140 Å². The van der Waals surface area contributed by atoms with Crippen LogP contribution in [0.1, 0.15) is 11.1 Å². The molecular weight excluding hydrogens is 333 g/mol. The number of aromatic nitrogens is 2. The maximum atomic E-state index is 12.9. The first-order valence-corrected chi connectivity index (χ1v) is 7.98. The standard InChI is InChI=1S/C16H12FN3O3S/c1-10-12(3-2-4-14(10)20(21)22)9-24-16-19-18-15(23-16)11-5-7-13(17)8-6-11/h2-8H,9H2,1H3. The zero-order chi connectivity index (χ0) is 17.1. The summed E-state index contributed by atoms with van der Waals surface area (Å²) in [4.78, 5) is 10.6. The van der Waals surface area contributed by atoms with Crippen molar-refractivity contribution in [2.75, 3.05) is 0 Å². The average molecular weight is 345 g/mol. The summed E-state index contributed by atoms with van der Waals surface area (Å²) in [6, 6.07) is 10.7. The van der Waals surface area contributed by atoms with Gasteiger partial charge in [0.1, 0.15) is 5.82 Å². The lowest BCUT2D eigenvalue weighted by molar-refractivity contribution is -0.385. The lowest BCUT2D eigenvalue weighted by Crippen LogP contribution is -1.95. The number of thioether (sulfide) groups is 1. The van der Waals surface area contributed by atoms with Gasteiger partial charge in [0.25, 0.3) is 10.9 Å². The van der Waals surface area contributed by atoms with E-state index in [9.17, 15) is 14.5 Å². The van der Waals surface area contributed by atoms with Crippen molar-refractivity contribution in [1.29, 1.82) is 0 Å². The van der Waals surface area contributed by atoms with Gasteiger partial charge in [-0.25, -0.2) is 4.39 Å². The largest absolute Gasteiger partial charge is 0.411 e. The van der Waals surface area contributed by atoms with Gasteiger partial charge in [-0.2, -0.15) is 0 Å². The van der Waals surface area contributed by atoms with Crippen molar-refractivity contribution < 1.29 is 13.7 Å². The van der Waals surface area contributed by atoms with Crippen LogP contribution in [0, 0.1) is 22.9 Å². The highest BCUT2D eigenvalue weighted by Crippen LogP contribution is 2.29. The molecule has 1 heterocycles. The van der Waals surface area contributed by atoms with E-state index in [-0.39, 0.29) is 11.5 Å². The second-order valence-electron chi connectivity index (χ2n) is 4.99. The Kier molecular flexibility index (Phi) is 4.57. The van der Waals surface area contributed by atoms with Gasteiger partial charge < -0.3 is 4.42 Å². The highest BCUT2D eigenvalue weighted by atomic mass is 32.2. The molecule has 0 saturated carbocycles. The molecule has 8 heteroatoms. The van der Waals surface area contributed by atoms with Crippen LogP contribution in [0.15, 0.2) is 52.1 Å². The molecule has 3 aromatic rings. The molecule has 3 rings (SSSR count). The number of hydrogen-bond acceptors (Lipinski definition) is 6. The van der Waals surface area contributed by atoms with Crippen LogP contribution < -0.4 is 0 Å². The quantitative estimate of drug-likeness (QED) is 0.388. The maximum Gasteiger partial charge on any atom is 0.277 e. The Hall–Kier alpha value is -2.74. The van der Waals surface area contributed by atoms with Crippen LogP contribution in [0.4, 0.5) is 10.1 Å². The van der Waals surface area contributed by atoms with Gasteiger partial charge in [-0.05, 0) is 36.8 Å². The Morgan fingerprint density at radius 1 is 1.21 bits per heavy atom. The second-order valence-corrected chi connectivity index (χ2v) is 5.91. The van der Waals surface area contributed by atoms with Gasteiger partial charge in [-0.15, -0.1) is 10.2 Å². The lowest BCUT2D eigenvalue weighted by Gasteiger charge is -2.04. The molecule has 2 aromatic carbocycles. The molecule has 0 aliphatic carbocycles. The first-order chi connectivity index (χ1) is 11.5. The van der Waals surface area contributed by atoms with E-state index in [0.717, 1.165) is 5.56 Å². The average Bonchev–Trinajstić information content (AvgIpc) is 3.03. The SMILES string of the molecule is Cc1c(CSc2nnc(-c3ccc(F)cc3)o2)cccc1[N+](=O)[O-].